The van der Waals surface area contributed by atoms with E-state index in [4.69, 9.17) is 0 Å². The average molecular weight is 454 g/mol. The lowest BCUT2D eigenvalue weighted by molar-refractivity contribution is -0.138. The lowest BCUT2D eigenvalue weighted by Crippen LogP contribution is -2.21. The highest BCUT2D eigenvalue weighted by atomic mass is 16.4. The summed E-state index contributed by atoms with van der Waals surface area (Å²) in [5.74, 6) is -1.27. The molecule has 1 unspecified atom stereocenters. The Morgan fingerprint density at radius 1 is 0.909 bits per heavy atom. The normalized spacial score (nSPS) is 13.2. The van der Waals surface area contributed by atoms with Crippen LogP contribution in [0.2, 0.25) is 0 Å². The number of carbonyl (C=O) groups is 2. The Morgan fingerprint density at radius 2 is 1.42 bits per heavy atom. The van der Waals surface area contributed by atoms with Crippen molar-refractivity contribution in [3.63, 3.8) is 0 Å². The molecule has 2 aromatic carbocycles. The van der Waals surface area contributed by atoms with Crippen molar-refractivity contribution in [3.05, 3.63) is 58.1 Å². The fourth-order valence-corrected chi connectivity index (χ4v) is 3.84. The van der Waals surface area contributed by atoms with Crippen LogP contribution in [0.3, 0.4) is 0 Å². The highest BCUT2D eigenvalue weighted by Crippen LogP contribution is 2.40. The Kier molecular flexibility index (Phi) is 7.67. The van der Waals surface area contributed by atoms with E-state index < -0.39 is 11.9 Å². The van der Waals surface area contributed by atoms with Gasteiger partial charge in [-0.2, -0.15) is 0 Å². The third-order valence-corrected chi connectivity index (χ3v) is 5.87. The summed E-state index contributed by atoms with van der Waals surface area (Å²) in [6.45, 7) is 17.9. The minimum Gasteiger partial charge on any atom is -0.507 e. The Hall–Kier alpha value is -2.82. The molecule has 0 aliphatic heterocycles. The van der Waals surface area contributed by atoms with E-state index in [1.807, 2.05) is 53.7 Å². The SMILES string of the molecule is CC(C)Cc1ccc(C(C)C(=O)O)cc1NC(=O)c1cc(C(C)(C)C)c(O)c(C(C)(C)C)c1. The molecule has 0 saturated heterocycles. The predicted octanol–water partition coefficient (Wildman–Crippen LogP) is 6.63. The first-order valence-corrected chi connectivity index (χ1v) is 11.6. The molecule has 5 nitrogen and oxygen atoms in total. The second kappa shape index (κ2) is 9.58. The zero-order valence-corrected chi connectivity index (χ0v) is 21.5. The number of carbonyl (C=O) groups excluding carboxylic acids is 1. The Labute approximate surface area is 198 Å². The van der Waals surface area contributed by atoms with Gasteiger partial charge in [0.1, 0.15) is 5.75 Å². The van der Waals surface area contributed by atoms with Crippen molar-refractivity contribution in [2.24, 2.45) is 5.92 Å². The Morgan fingerprint density at radius 3 is 1.85 bits per heavy atom. The number of carboxylic acids is 1. The van der Waals surface area contributed by atoms with Crippen LogP contribution in [0.25, 0.3) is 0 Å². The standard InChI is InChI=1S/C28H39NO4/c1-16(2)12-19-11-10-18(17(3)26(32)33)15-23(19)29-25(31)20-13-21(27(4,5)6)24(30)22(14-20)28(7,8)9/h10-11,13-17,30H,12H2,1-9H3,(H,29,31)(H,32,33). The molecule has 5 heteroatoms. The zero-order valence-electron chi connectivity index (χ0n) is 21.5. The molecule has 33 heavy (non-hydrogen) atoms. The van der Waals surface area contributed by atoms with Crippen molar-refractivity contribution >= 4 is 17.6 Å². The van der Waals surface area contributed by atoms with Gasteiger partial charge in [-0.15, -0.1) is 0 Å². The van der Waals surface area contributed by atoms with Crippen LogP contribution in [0, 0.1) is 5.92 Å². The van der Waals surface area contributed by atoms with Crippen LogP contribution in [-0.4, -0.2) is 22.1 Å². The number of phenols is 1. The monoisotopic (exact) mass is 453 g/mol. The highest BCUT2D eigenvalue weighted by molar-refractivity contribution is 6.05. The van der Waals surface area contributed by atoms with Gasteiger partial charge < -0.3 is 15.5 Å². The Bertz CT molecular complexity index is 1000. The summed E-state index contributed by atoms with van der Waals surface area (Å²) in [4.78, 5) is 24.9. The van der Waals surface area contributed by atoms with Crippen molar-refractivity contribution in [1.29, 1.82) is 0 Å². The fourth-order valence-electron chi connectivity index (χ4n) is 3.84. The molecule has 3 N–H and O–H groups in total. The van der Waals surface area contributed by atoms with E-state index in [-0.39, 0.29) is 22.5 Å². The molecule has 1 atom stereocenters. The molecule has 0 aliphatic carbocycles. The van der Waals surface area contributed by atoms with Gasteiger partial charge in [-0.3, -0.25) is 9.59 Å². The first-order chi connectivity index (χ1) is 15.0. The van der Waals surface area contributed by atoms with Crippen LogP contribution in [0.5, 0.6) is 5.75 Å². The third kappa shape index (κ3) is 6.37. The predicted molar refractivity (Wildman–Crippen MR) is 134 cm³/mol. The maximum atomic E-state index is 13.4. The summed E-state index contributed by atoms with van der Waals surface area (Å²) >= 11 is 0. The summed E-state index contributed by atoms with van der Waals surface area (Å²) in [6, 6.07) is 9.01. The molecule has 0 aromatic heterocycles. The number of benzene rings is 2. The first kappa shape index (κ1) is 26.4. The average Bonchev–Trinajstić information content (AvgIpc) is 2.66. The number of nitrogens with one attached hydrogen (secondary N) is 1. The summed E-state index contributed by atoms with van der Waals surface area (Å²) < 4.78 is 0. The number of aromatic hydroxyl groups is 1. The molecule has 2 rings (SSSR count). The molecule has 1 amide bonds. The van der Waals surface area contributed by atoms with Gasteiger partial charge >= 0.3 is 5.97 Å². The number of rotatable bonds is 6. The van der Waals surface area contributed by atoms with Gasteiger partial charge in [-0.1, -0.05) is 67.5 Å². The molecule has 0 heterocycles. The number of aliphatic carboxylic acids is 1. The van der Waals surface area contributed by atoms with Gasteiger partial charge in [0.2, 0.25) is 0 Å². The summed E-state index contributed by atoms with van der Waals surface area (Å²) in [7, 11) is 0. The molecular weight excluding hydrogens is 414 g/mol. The minimum absolute atomic E-state index is 0.226. The van der Waals surface area contributed by atoms with Crippen LogP contribution >= 0.6 is 0 Å². The van der Waals surface area contributed by atoms with Crippen molar-refractivity contribution in [1.82, 2.24) is 0 Å². The molecule has 0 fully saturated rings. The van der Waals surface area contributed by atoms with Gasteiger partial charge in [-0.05, 0) is 59.4 Å². The van der Waals surface area contributed by atoms with Crippen molar-refractivity contribution < 1.29 is 19.8 Å². The molecule has 0 radical (unpaired) electrons. The molecule has 0 saturated carbocycles. The minimum atomic E-state index is -0.910. The zero-order chi connectivity index (χ0) is 25.3. The van der Waals surface area contributed by atoms with E-state index in [2.05, 4.69) is 19.2 Å². The third-order valence-electron chi connectivity index (χ3n) is 5.87. The van der Waals surface area contributed by atoms with Crippen LogP contribution in [-0.2, 0) is 22.0 Å². The number of phenolic OH excluding ortho intramolecular Hbond substituents is 1. The maximum absolute atomic E-state index is 13.4. The van der Waals surface area contributed by atoms with E-state index >= 15 is 0 Å². The fraction of sp³-hybridized carbons (Fsp3) is 0.500. The van der Waals surface area contributed by atoms with Crippen molar-refractivity contribution in [2.45, 2.75) is 85.5 Å². The molecule has 0 spiro atoms. The number of hydrogen-bond donors (Lipinski definition) is 3. The molecular formula is C28H39NO4. The van der Waals surface area contributed by atoms with Crippen molar-refractivity contribution in [3.8, 4) is 5.75 Å². The summed E-state index contributed by atoms with van der Waals surface area (Å²) in [5.41, 5.74) is 3.44. The van der Waals surface area contributed by atoms with Crippen LogP contribution < -0.4 is 5.32 Å². The number of hydrogen-bond acceptors (Lipinski definition) is 3. The van der Waals surface area contributed by atoms with Gasteiger partial charge in [0, 0.05) is 22.4 Å². The van der Waals surface area contributed by atoms with E-state index in [1.54, 1.807) is 25.1 Å². The smallest absolute Gasteiger partial charge is 0.310 e. The number of carboxylic acid groups (broad SMARTS) is 1. The van der Waals surface area contributed by atoms with E-state index in [0.29, 0.717) is 22.7 Å². The first-order valence-electron chi connectivity index (χ1n) is 11.6. The molecule has 2 aromatic rings. The quantitative estimate of drug-likeness (QED) is 0.458. The van der Waals surface area contributed by atoms with Gasteiger partial charge in [0.25, 0.3) is 5.91 Å². The van der Waals surface area contributed by atoms with Crippen LogP contribution in [0.15, 0.2) is 30.3 Å². The lowest BCUT2D eigenvalue weighted by atomic mass is 9.78. The van der Waals surface area contributed by atoms with E-state index in [9.17, 15) is 19.8 Å². The van der Waals surface area contributed by atoms with Crippen LogP contribution in [0.1, 0.15) is 101 Å². The van der Waals surface area contributed by atoms with Gasteiger partial charge in [0.15, 0.2) is 0 Å². The summed E-state index contributed by atoms with van der Waals surface area (Å²) in [5, 5.41) is 23.4. The van der Waals surface area contributed by atoms with E-state index in [0.717, 1.165) is 23.1 Å². The van der Waals surface area contributed by atoms with Crippen LogP contribution in [0.4, 0.5) is 5.69 Å². The topological polar surface area (TPSA) is 86.6 Å². The largest absolute Gasteiger partial charge is 0.507 e. The highest BCUT2D eigenvalue weighted by Gasteiger charge is 2.28. The second-order valence-electron chi connectivity index (χ2n) is 11.4. The molecule has 180 valence electrons. The number of anilines is 1. The van der Waals surface area contributed by atoms with Gasteiger partial charge in [0.05, 0.1) is 5.92 Å². The lowest BCUT2D eigenvalue weighted by Gasteiger charge is -2.28. The molecule has 0 bridgehead atoms. The number of amides is 1. The van der Waals surface area contributed by atoms with Crippen molar-refractivity contribution in [2.75, 3.05) is 5.32 Å². The van der Waals surface area contributed by atoms with E-state index in [1.165, 1.54) is 0 Å². The Balaban J connectivity index is 2.59. The summed E-state index contributed by atoms with van der Waals surface area (Å²) in [6.07, 6.45) is 0.757. The second-order valence-corrected chi connectivity index (χ2v) is 11.4. The molecule has 0 aliphatic rings. The maximum Gasteiger partial charge on any atom is 0.310 e. The van der Waals surface area contributed by atoms with Gasteiger partial charge in [-0.25, -0.2) is 0 Å².